The number of hydrogen-bond acceptors (Lipinski definition) is 2. The third-order valence-corrected chi connectivity index (χ3v) is 3.99. The molecule has 0 fully saturated rings. The number of halogens is 1. The summed E-state index contributed by atoms with van der Waals surface area (Å²) >= 11 is 6.21. The molecule has 2 nitrogen and oxygen atoms in total. The van der Waals surface area contributed by atoms with E-state index in [9.17, 15) is 0 Å². The van der Waals surface area contributed by atoms with Crippen LogP contribution in [0.2, 0.25) is 5.02 Å². The fraction of sp³-hybridized carbons (Fsp3) is 0.278. The smallest absolute Gasteiger partial charge is 0.0766 e. The molecule has 0 radical (unpaired) electrons. The Kier molecular flexibility index (Phi) is 4.55. The summed E-state index contributed by atoms with van der Waals surface area (Å²) in [6.07, 6.45) is 0. The Hall–Kier alpha value is -1.98. The highest BCUT2D eigenvalue weighted by Gasteiger charge is 2.19. The predicted octanol–water partition coefficient (Wildman–Crippen LogP) is 5.31. The van der Waals surface area contributed by atoms with E-state index in [0.717, 1.165) is 21.8 Å². The van der Waals surface area contributed by atoms with E-state index in [1.165, 1.54) is 0 Å². The minimum Gasteiger partial charge on any atom is -0.378 e. The van der Waals surface area contributed by atoms with Crippen LogP contribution in [-0.4, -0.2) is 0 Å². The second-order valence-corrected chi connectivity index (χ2v) is 6.11. The molecule has 2 aromatic rings. The Bertz CT molecular complexity index is 654. The summed E-state index contributed by atoms with van der Waals surface area (Å²) in [4.78, 5) is 0. The van der Waals surface area contributed by atoms with Crippen LogP contribution in [0.4, 0.5) is 5.69 Å². The van der Waals surface area contributed by atoms with Gasteiger partial charge >= 0.3 is 0 Å². The second kappa shape index (κ2) is 6.20. The molecule has 0 aromatic heterocycles. The summed E-state index contributed by atoms with van der Waals surface area (Å²) in [5, 5.41) is 13.4. The molecule has 0 heterocycles. The topological polar surface area (TPSA) is 35.8 Å². The van der Waals surface area contributed by atoms with Crippen molar-refractivity contribution in [1.29, 1.82) is 5.26 Å². The van der Waals surface area contributed by atoms with Gasteiger partial charge in [-0.05, 0) is 50.1 Å². The quantitative estimate of drug-likeness (QED) is 0.830. The molecule has 0 aliphatic heterocycles. The molecule has 0 saturated heterocycles. The van der Waals surface area contributed by atoms with Crippen LogP contribution in [-0.2, 0) is 5.41 Å². The van der Waals surface area contributed by atoms with Crippen LogP contribution in [0.3, 0.4) is 0 Å². The minimum absolute atomic E-state index is 0.119. The van der Waals surface area contributed by atoms with E-state index < -0.39 is 5.41 Å². The average Bonchev–Trinajstić information content (AvgIpc) is 2.48. The molecule has 2 rings (SSSR count). The van der Waals surface area contributed by atoms with Crippen molar-refractivity contribution in [1.82, 2.24) is 0 Å². The zero-order valence-corrected chi connectivity index (χ0v) is 13.3. The lowest BCUT2D eigenvalue weighted by Crippen LogP contribution is -2.14. The minimum atomic E-state index is -0.465. The maximum absolute atomic E-state index is 9.16. The molecule has 0 saturated carbocycles. The Morgan fingerprint density at radius 2 is 1.71 bits per heavy atom. The summed E-state index contributed by atoms with van der Waals surface area (Å²) in [6, 6.07) is 18.2. The lowest BCUT2D eigenvalue weighted by Gasteiger charge is -2.19. The van der Waals surface area contributed by atoms with Gasteiger partial charge in [-0.1, -0.05) is 41.9 Å². The van der Waals surface area contributed by atoms with E-state index in [0.29, 0.717) is 0 Å². The van der Waals surface area contributed by atoms with Gasteiger partial charge < -0.3 is 5.32 Å². The van der Waals surface area contributed by atoms with Gasteiger partial charge in [-0.3, -0.25) is 0 Å². The third-order valence-electron chi connectivity index (χ3n) is 3.64. The Morgan fingerprint density at radius 1 is 1.10 bits per heavy atom. The molecule has 0 aliphatic rings. The normalized spacial score (nSPS) is 12.5. The van der Waals surface area contributed by atoms with Crippen molar-refractivity contribution in [3.63, 3.8) is 0 Å². The molecule has 1 N–H and O–H groups in total. The number of nitrogens with zero attached hydrogens (tertiary/aromatic N) is 1. The third kappa shape index (κ3) is 3.56. The average molecular weight is 299 g/mol. The summed E-state index contributed by atoms with van der Waals surface area (Å²) in [7, 11) is 0. The largest absolute Gasteiger partial charge is 0.378 e. The first-order valence-electron chi connectivity index (χ1n) is 6.97. The van der Waals surface area contributed by atoms with Gasteiger partial charge in [-0.25, -0.2) is 0 Å². The monoisotopic (exact) mass is 298 g/mol. The van der Waals surface area contributed by atoms with Crippen LogP contribution >= 0.6 is 11.6 Å². The van der Waals surface area contributed by atoms with Crippen LogP contribution in [0.1, 0.15) is 37.9 Å². The first-order chi connectivity index (χ1) is 9.94. The highest BCUT2D eigenvalue weighted by Crippen LogP contribution is 2.27. The lowest BCUT2D eigenvalue weighted by molar-refractivity contribution is 0.687. The molecular formula is C18H19ClN2. The Balaban J connectivity index is 2.15. The van der Waals surface area contributed by atoms with Crippen molar-refractivity contribution >= 4 is 17.3 Å². The van der Waals surface area contributed by atoms with E-state index in [-0.39, 0.29) is 6.04 Å². The second-order valence-electron chi connectivity index (χ2n) is 5.70. The lowest BCUT2D eigenvalue weighted by atomic mass is 9.86. The van der Waals surface area contributed by atoms with E-state index in [4.69, 9.17) is 16.9 Å². The van der Waals surface area contributed by atoms with Crippen molar-refractivity contribution in [2.45, 2.75) is 32.2 Å². The molecule has 0 spiro atoms. The fourth-order valence-electron chi connectivity index (χ4n) is 2.20. The van der Waals surface area contributed by atoms with E-state index in [1.807, 2.05) is 62.4 Å². The van der Waals surface area contributed by atoms with Crippen LogP contribution in [0.5, 0.6) is 0 Å². The first-order valence-corrected chi connectivity index (χ1v) is 7.34. The highest BCUT2D eigenvalue weighted by molar-refractivity contribution is 6.31. The molecule has 3 heteroatoms. The molecule has 2 aromatic carbocycles. The van der Waals surface area contributed by atoms with Crippen LogP contribution in [0, 0.1) is 11.3 Å². The predicted molar refractivity (Wildman–Crippen MR) is 88.6 cm³/mol. The van der Waals surface area contributed by atoms with Gasteiger partial charge in [0.1, 0.15) is 0 Å². The van der Waals surface area contributed by atoms with Crippen molar-refractivity contribution in [2.75, 3.05) is 5.32 Å². The fourth-order valence-corrected chi connectivity index (χ4v) is 2.50. The highest BCUT2D eigenvalue weighted by atomic mass is 35.5. The number of hydrogen-bond donors (Lipinski definition) is 1. The Labute approximate surface area is 131 Å². The summed E-state index contributed by atoms with van der Waals surface area (Å²) in [6.45, 7) is 5.91. The molecular weight excluding hydrogens is 280 g/mol. The number of anilines is 1. The van der Waals surface area contributed by atoms with Crippen LogP contribution < -0.4 is 5.32 Å². The molecule has 21 heavy (non-hydrogen) atoms. The number of benzene rings is 2. The molecule has 1 atom stereocenters. The zero-order chi connectivity index (χ0) is 15.5. The number of nitrogens with one attached hydrogen (secondary N) is 1. The number of nitriles is 1. The molecule has 1 unspecified atom stereocenters. The van der Waals surface area contributed by atoms with Gasteiger partial charge in [0, 0.05) is 16.8 Å². The first kappa shape index (κ1) is 15.4. The maximum Gasteiger partial charge on any atom is 0.0766 e. The van der Waals surface area contributed by atoms with E-state index in [2.05, 4.69) is 18.3 Å². The van der Waals surface area contributed by atoms with Gasteiger partial charge in [0.15, 0.2) is 0 Å². The Morgan fingerprint density at radius 3 is 2.29 bits per heavy atom. The standard InChI is InChI=1S/C18H19ClN2/c1-13(16-6-4-5-7-17(16)19)21-15-10-8-14(9-11-15)18(2,3)12-20/h4-11,13,21H,1-3H3. The van der Waals surface area contributed by atoms with Crippen LogP contribution in [0.15, 0.2) is 48.5 Å². The summed E-state index contributed by atoms with van der Waals surface area (Å²) < 4.78 is 0. The van der Waals surface area contributed by atoms with Crippen molar-refractivity contribution < 1.29 is 0 Å². The van der Waals surface area contributed by atoms with E-state index >= 15 is 0 Å². The van der Waals surface area contributed by atoms with Crippen molar-refractivity contribution in [3.05, 3.63) is 64.7 Å². The van der Waals surface area contributed by atoms with Gasteiger partial charge in [0.05, 0.1) is 11.5 Å². The zero-order valence-electron chi connectivity index (χ0n) is 12.5. The summed E-state index contributed by atoms with van der Waals surface area (Å²) in [5.41, 5.74) is 2.63. The van der Waals surface area contributed by atoms with Gasteiger partial charge in [-0.2, -0.15) is 5.26 Å². The SMILES string of the molecule is CC(Nc1ccc(C(C)(C)C#N)cc1)c1ccccc1Cl. The maximum atomic E-state index is 9.16. The van der Waals surface area contributed by atoms with Gasteiger partial charge in [-0.15, -0.1) is 0 Å². The molecule has 0 aliphatic carbocycles. The van der Waals surface area contributed by atoms with Crippen LogP contribution in [0.25, 0.3) is 0 Å². The van der Waals surface area contributed by atoms with Crippen molar-refractivity contribution in [3.8, 4) is 6.07 Å². The molecule has 108 valence electrons. The molecule has 0 bridgehead atoms. The van der Waals surface area contributed by atoms with Gasteiger partial charge in [0.25, 0.3) is 0 Å². The summed E-state index contributed by atoms with van der Waals surface area (Å²) in [5.74, 6) is 0. The molecule has 0 amide bonds. The number of rotatable bonds is 4. The van der Waals surface area contributed by atoms with Crippen molar-refractivity contribution in [2.24, 2.45) is 0 Å². The van der Waals surface area contributed by atoms with Gasteiger partial charge in [0.2, 0.25) is 0 Å². The van der Waals surface area contributed by atoms with E-state index in [1.54, 1.807) is 0 Å².